The van der Waals surface area contributed by atoms with Gasteiger partial charge in [0.15, 0.2) is 6.23 Å². The fourth-order valence-electron chi connectivity index (χ4n) is 4.24. The van der Waals surface area contributed by atoms with E-state index in [1.807, 2.05) is 19.9 Å². The first kappa shape index (κ1) is 24.0. The van der Waals surface area contributed by atoms with Crippen molar-refractivity contribution in [3.05, 3.63) is 47.6 Å². The lowest BCUT2D eigenvalue weighted by molar-refractivity contribution is -0.144. The Hall–Kier alpha value is -2.23. The number of unbranched alkanes of at least 4 members (excludes halogenated alkanes) is 2. The van der Waals surface area contributed by atoms with Gasteiger partial charge in [-0.3, -0.25) is 4.79 Å². The molecule has 0 bridgehead atoms. The molecule has 1 aromatic rings. The Balaban J connectivity index is 0.00000101. The van der Waals surface area contributed by atoms with Crippen LogP contribution in [0.25, 0.3) is 0 Å². The molecule has 1 amide bonds. The molecule has 0 saturated carbocycles. The first-order valence-electron chi connectivity index (χ1n) is 11.5. The highest BCUT2D eigenvalue weighted by Crippen LogP contribution is 2.43. The number of hydrogen-bond acceptors (Lipinski definition) is 3. The molecule has 0 spiro atoms. The molecule has 166 valence electrons. The quantitative estimate of drug-likeness (QED) is 0.295. The molecule has 1 aliphatic heterocycles. The molecular formula is C26H39NO3. The van der Waals surface area contributed by atoms with Crippen LogP contribution in [0.2, 0.25) is 0 Å². The Morgan fingerprint density at radius 2 is 2.03 bits per heavy atom. The summed E-state index contributed by atoms with van der Waals surface area (Å²) in [6.07, 6.45) is 12.1. The summed E-state index contributed by atoms with van der Waals surface area (Å²) in [5, 5.41) is 13.7. The van der Waals surface area contributed by atoms with Crippen molar-refractivity contribution in [2.45, 2.75) is 91.2 Å². The van der Waals surface area contributed by atoms with Gasteiger partial charge in [0, 0.05) is 11.5 Å². The van der Waals surface area contributed by atoms with Gasteiger partial charge in [0.1, 0.15) is 11.5 Å². The van der Waals surface area contributed by atoms with Gasteiger partial charge in [0.2, 0.25) is 5.91 Å². The number of aryl methyl sites for hydroxylation is 1. The van der Waals surface area contributed by atoms with Crippen LogP contribution in [0.1, 0.15) is 89.7 Å². The molecule has 3 rings (SSSR count). The van der Waals surface area contributed by atoms with Crippen molar-refractivity contribution in [3.63, 3.8) is 0 Å². The molecule has 1 aliphatic carbocycles. The van der Waals surface area contributed by atoms with Crippen LogP contribution >= 0.6 is 0 Å². The van der Waals surface area contributed by atoms with Crippen LogP contribution in [0.3, 0.4) is 0 Å². The number of aromatic hydroxyl groups is 1. The minimum absolute atomic E-state index is 0.0563. The Morgan fingerprint density at radius 3 is 2.63 bits per heavy atom. The molecule has 1 heterocycles. The van der Waals surface area contributed by atoms with Gasteiger partial charge >= 0.3 is 0 Å². The summed E-state index contributed by atoms with van der Waals surface area (Å²) in [6.45, 7) is 11.6. The number of phenols is 1. The maximum atomic E-state index is 11.8. The van der Waals surface area contributed by atoms with Gasteiger partial charge in [-0.15, -0.1) is 6.58 Å². The first-order chi connectivity index (χ1) is 14.4. The Labute approximate surface area is 182 Å². The summed E-state index contributed by atoms with van der Waals surface area (Å²) in [7, 11) is 0. The average Bonchev–Trinajstić information content (AvgIpc) is 2.68. The van der Waals surface area contributed by atoms with E-state index in [0.29, 0.717) is 5.75 Å². The smallest absolute Gasteiger partial charge is 0.231 e. The molecule has 2 aliphatic rings. The lowest BCUT2D eigenvalue weighted by atomic mass is 9.84. The zero-order valence-electron chi connectivity index (χ0n) is 19.2. The van der Waals surface area contributed by atoms with Gasteiger partial charge in [-0.2, -0.15) is 0 Å². The van der Waals surface area contributed by atoms with E-state index in [9.17, 15) is 9.90 Å². The number of nitrogens with one attached hydrogen (secondary N) is 1. The normalized spacial score (nSPS) is 22.7. The van der Waals surface area contributed by atoms with Crippen LogP contribution in [-0.4, -0.2) is 17.2 Å². The highest BCUT2D eigenvalue weighted by atomic mass is 16.5. The third-order valence-electron chi connectivity index (χ3n) is 5.87. The van der Waals surface area contributed by atoms with Gasteiger partial charge in [0.05, 0.1) is 5.92 Å². The number of rotatable bonds is 8. The number of ether oxygens (including phenoxy) is 1. The summed E-state index contributed by atoms with van der Waals surface area (Å²) in [4.78, 5) is 11.8. The fourth-order valence-corrected chi connectivity index (χ4v) is 4.24. The molecule has 0 radical (unpaired) electrons. The summed E-state index contributed by atoms with van der Waals surface area (Å²) < 4.78 is 6.25. The zero-order valence-corrected chi connectivity index (χ0v) is 19.2. The third kappa shape index (κ3) is 6.13. The number of carbonyl (C=O) groups excluding carboxylic acids is 1. The van der Waals surface area contributed by atoms with Crippen molar-refractivity contribution in [1.82, 2.24) is 5.32 Å². The van der Waals surface area contributed by atoms with Gasteiger partial charge in [-0.25, -0.2) is 0 Å². The largest absolute Gasteiger partial charge is 0.507 e. The van der Waals surface area contributed by atoms with Crippen molar-refractivity contribution in [3.8, 4) is 11.5 Å². The topological polar surface area (TPSA) is 58.6 Å². The second kappa shape index (κ2) is 11.8. The fraction of sp³-hybridized carbons (Fsp3) is 0.577. The average molecular weight is 414 g/mol. The number of amides is 1. The maximum Gasteiger partial charge on any atom is 0.231 e. The first-order valence-corrected chi connectivity index (χ1v) is 11.5. The number of benzene rings is 1. The lowest BCUT2D eigenvalue weighted by Gasteiger charge is -2.37. The molecule has 2 N–H and O–H groups in total. The monoisotopic (exact) mass is 413 g/mol. The molecule has 3 atom stereocenters. The van der Waals surface area contributed by atoms with E-state index in [0.717, 1.165) is 55.4 Å². The minimum Gasteiger partial charge on any atom is -0.507 e. The number of β-lactam (4-membered cyclic amide) rings is 1. The summed E-state index contributed by atoms with van der Waals surface area (Å²) in [5.41, 5.74) is 3.35. The van der Waals surface area contributed by atoms with Crippen LogP contribution in [-0.2, 0) is 11.2 Å². The van der Waals surface area contributed by atoms with Crippen molar-refractivity contribution in [2.24, 2.45) is 5.92 Å². The number of carbonyl (C=O) groups is 1. The van der Waals surface area contributed by atoms with Gasteiger partial charge in [-0.1, -0.05) is 44.4 Å². The molecular weight excluding hydrogens is 374 g/mol. The number of hydrogen-bond donors (Lipinski definition) is 2. The Morgan fingerprint density at radius 1 is 1.30 bits per heavy atom. The number of phenolic OH excluding ortho intramolecular Hbond substituents is 1. The van der Waals surface area contributed by atoms with Crippen molar-refractivity contribution < 1.29 is 14.6 Å². The second-order valence-corrected chi connectivity index (χ2v) is 8.47. The van der Waals surface area contributed by atoms with Crippen LogP contribution in [0, 0.1) is 5.92 Å². The second-order valence-electron chi connectivity index (χ2n) is 8.47. The van der Waals surface area contributed by atoms with E-state index in [4.69, 9.17) is 4.74 Å². The van der Waals surface area contributed by atoms with E-state index >= 15 is 0 Å². The van der Waals surface area contributed by atoms with Gasteiger partial charge in [-0.05, 0) is 70.1 Å². The van der Waals surface area contributed by atoms with Crippen molar-refractivity contribution in [1.29, 1.82) is 0 Å². The molecule has 3 unspecified atom stereocenters. The highest BCUT2D eigenvalue weighted by molar-refractivity contribution is 5.85. The highest BCUT2D eigenvalue weighted by Gasteiger charge is 2.40. The van der Waals surface area contributed by atoms with Crippen LogP contribution in [0.15, 0.2) is 36.4 Å². The SMILES string of the molecule is C=CC.CCCCCc1cc(O)c(C2C=C(C)CCC2)c(OC2NC(=O)C2CC)c1. The van der Waals surface area contributed by atoms with Crippen LogP contribution in [0.4, 0.5) is 0 Å². The van der Waals surface area contributed by atoms with Gasteiger partial charge < -0.3 is 15.2 Å². The van der Waals surface area contributed by atoms with Crippen LogP contribution in [0.5, 0.6) is 11.5 Å². The molecule has 1 saturated heterocycles. The van der Waals surface area contributed by atoms with E-state index in [1.54, 1.807) is 6.08 Å². The van der Waals surface area contributed by atoms with E-state index in [1.165, 1.54) is 18.4 Å². The van der Waals surface area contributed by atoms with E-state index in [-0.39, 0.29) is 24.0 Å². The van der Waals surface area contributed by atoms with Crippen molar-refractivity contribution >= 4 is 5.91 Å². The number of allylic oxidation sites excluding steroid dienone is 3. The molecule has 0 aromatic heterocycles. The molecule has 4 heteroatoms. The standard InChI is InChI=1S/C23H33NO3.C3H6/c1-4-6-7-10-16-13-19(25)21(17-11-8-9-15(3)12-17)20(14-16)27-23-18(5-2)22(26)24-23;1-3-2/h12-14,17-18,23,25H,4-11H2,1-3H3,(H,24,26);3H,1H2,2H3. The molecule has 30 heavy (non-hydrogen) atoms. The summed E-state index contributed by atoms with van der Waals surface area (Å²) in [5.74, 6) is 1.19. The molecule has 1 aromatic carbocycles. The Bertz CT molecular complexity index is 753. The lowest BCUT2D eigenvalue weighted by Crippen LogP contribution is -2.60. The zero-order chi connectivity index (χ0) is 22.1. The van der Waals surface area contributed by atoms with Crippen molar-refractivity contribution in [2.75, 3.05) is 0 Å². The van der Waals surface area contributed by atoms with E-state index < -0.39 is 0 Å². The molecule has 4 nitrogen and oxygen atoms in total. The molecule has 1 fully saturated rings. The maximum absolute atomic E-state index is 11.8. The van der Waals surface area contributed by atoms with Gasteiger partial charge in [0.25, 0.3) is 0 Å². The minimum atomic E-state index is -0.291. The summed E-state index contributed by atoms with van der Waals surface area (Å²) in [6, 6.07) is 3.99. The predicted molar refractivity (Wildman–Crippen MR) is 124 cm³/mol. The summed E-state index contributed by atoms with van der Waals surface area (Å²) >= 11 is 0. The third-order valence-corrected chi connectivity index (χ3v) is 5.87. The predicted octanol–water partition coefficient (Wildman–Crippen LogP) is 6.39. The Kier molecular flexibility index (Phi) is 9.48. The van der Waals surface area contributed by atoms with E-state index in [2.05, 4.69) is 37.9 Å². The van der Waals surface area contributed by atoms with Crippen LogP contribution < -0.4 is 10.1 Å².